The number of benzene rings is 1. The van der Waals surface area contributed by atoms with Crippen LogP contribution in [0.25, 0.3) is 0 Å². The zero-order chi connectivity index (χ0) is 10.9. The second-order valence-electron chi connectivity index (χ2n) is 3.14. The minimum absolute atomic E-state index is 0.00481. The lowest BCUT2D eigenvalue weighted by atomic mass is 10.1. The zero-order valence-corrected chi connectivity index (χ0v) is 8.76. The van der Waals surface area contributed by atoms with Crippen LogP contribution in [0.4, 0.5) is 0 Å². The van der Waals surface area contributed by atoms with E-state index in [1.807, 2.05) is 0 Å². The van der Waals surface area contributed by atoms with Crippen LogP contribution >= 0.6 is 0 Å². The van der Waals surface area contributed by atoms with Crippen molar-refractivity contribution in [1.82, 2.24) is 0 Å². The van der Waals surface area contributed by atoms with Crippen LogP contribution in [0.5, 0.6) is 0 Å². The van der Waals surface area contributed by atoms with Crippen molar-refractivity contribution in [3.8, 4) is 0 Å². The Morgan fingerprint density at radius 3 is 2.21 bits per heavy atom. The summed E-state index contributed by atoms with van der Waals surface area (Å²) in [6.45, 7) is 3.38. The Morgan fingerprint density at radius 1 is 1.21 bits per heavy atom. The first-order valence-corrected chi connectivity index (χ1v) is 5.50. The van der Waals surface area contributed by atoms with Crippen LogP contribution in [0.2, 0.25) is 0 Å². The van der Waals surface area contributed by atoms with E-state index in [1.54, 1.807) is 19.9 Å². The van der Waals surface area contributed by atoms with Gasteiger partial charge < -0.3 is 0 Å². The quantitative estimate of drug-likeness (QED) is 0.737. The van der Waals surface area contributed by atoms with E-state index in [0.717, 1.165) is 5.56 Å². The van der Waals surface area contributed by atoms with Gasteiger partial charge in [0.1, 0.15) is 6.29 Å². The molecular weight excluding hydrogens is 202 g/mol. The number of aldehydes is 1. The first-order chi connectivity index (χ1) is 6.36. The first-order valence-electron chi connectivity index (χ1n) is 3.95. The lowest BCUT2D eigenvalue weighted by molar-refractivity contribution is 0.112. The number of carbonyl (C=O) groups is 1. The van der Waals surface area contributed by atoms with E-state index in [1.165, 1.54) is 6.07 Å². The molecule has 14 heavy (non-hydrogen) atoms. The molecule has 0 aliphatic rings. The van der Waals surface area contributed by atoms with Crippen molar-refractivity contribution in [1.29, 1.82) is 0 Å². The summed E-state index contributed by atoms with van der Waals surface area (Å²) in [7, 11) is -3.74. The van der Waals surface area contributed by atoms with Crippen molar-refractivity contribution < 1.29 is 13.2 Å². The Balaban J connectivity index is 3.55. The second kappa shape index (κ2) is 3.51. The summed E-state index contributed by atoms with van der Waals surface area (Å²) >= 11 is 0. The number of rotatable bonds is 2. The van der Waals surface area contributed by atoms with Crippen molar-refractivity contribution in [2.45, 2.75) is 18.7 Å². The Kier molecular flexibility index (Phi) is 2.73. The maximum absolute atomic E-state index is 11.1. The van der Waals surface area contributed by atoms with Gasteiger partial charge in [-0.3, -0.25) is 4.79 Å². The Hall–Kier alpha value is -1.20. The molecule has 0 spiro atoms. The van der Waals surface area contributed by atoms with E-state index < -0.39 is 10.0 Å². The third-order valence-electron chi connectivity index (χ3n) is 2.00. The maximum atomic E-state index is 11.1. The number of sulfonamides is 1. The number of hydrogen-bond donors (Lipinski definition) is 1. The molecule has 5 heteroatoms. The van der Waals surface area contributed by atoms with Crippen molar-refractivity contribution in [3.05, 3.63) is 28.8 Å². The zero-order valence-electron chi connectivity index (χ0n) is 7.94. The minimum atomic E-state index is -3.74. The summed E-state index contributed by atoms with van der Waals surface area (Å²) in [5.41, 5.74) is 1.64. The van der Waals surface area contributed by atoms with Crippen LogP contribution < -0.4 is 5.14 Å². The van der Waals surface area contributed by atoms with Gasteiger partial charge in [-0.2, -0.15) is 0 Å². The fraction of sp³-hybridized carbons (Fsp3) is 0.222. The molecule has 0 fully saturated rings. The molecule has 0 aromatic heterocycles. The van der Waals surface area contributed by atoms with Crippen molar-refractivity contribution in [2.75, 3.05) is 0 Å². The number of nitrogens with two attached hydrogens (primary N) is 1. The number of hydrogen-bond acceptors (Lipinski definition) is 3. The lowest BCUT2D eigenvalue weighted by Gasteiger charge is -2.06. The number of primary sulfonamides is 1. The molecule has 0 saturated heterocycles. The first kappa shape index (κ1) is 10.9. The molecule has 2 N–H and O–H groups in total. The van der Waals surface area contributed by atoms with Gasteiger partial charge in [-0.05, 0) is 31.0 Å². The highest BCUT2D eigenvalue weighted by molar-refractivity contribution is 7.89. The fourth-order valence-corrected chi connectivity index (χ4v) is 2.08. The third-order valence-corrected chi connectivity index (χ3v) is 3.05. The van der Waals surface area contributed by atoms with E-state index >= 15 is 0 Å². The Bertz CT molecular complexity index is 477. The van der Waals surface area contributed by atoms with Crippen LogP contribution in [-0.4, -0.2) is 14.7 Å². The Labute approximate surface area is 82.8 Å². The standard InChI is InChI=1S/C9H11NO3S/c1-6-3-7(2)9(14(10,12)13)4-8(6)5-11/h3-5H,1-2H3,(H2,10,12,13). The van der Waals surface area contributed by atoms with E-state index in [9.17, 15) is 13.2 Å². The molecule has 0 radical (unpaired) electrons. The van der Waals surface area contributed by atoms with Gasteiger partial charge in [0.15, 0.2) is 0 Å². The molecule has 0 saturated carbocycles. The SMILES string of the molecule is Cc1cc(C)c(S(N)(=O)=O)cc1C=O. The van der Waals surface area contributed by atoms with E-state index in [-0.39, 0.29) is 4.90 Å². The average Bonchev–Trinajstić information content (AvgIpc) is 2.02. The van der Waals surface area contributed by atoms with Gasteiger partial charge in [-0.1, -0.05) is 6.07 Å². The fourth-order valence-electron chi connectivity index (χ4n) is 1.28. The van der Waals surface area contributed by atoms with Crippen LogP contribution in [0.15, 0.2) is 17.0 Å². The maximum Gasteiger partial charge on any atom is 0.238 e. The van der Waals surface area contributed by atoms with Crippen molar-refractivity contribution in [3.63, 3.8) is 0 Å². The predicted molar refractivity (Wildman–Crippen MR) is 52.7 cm³/mol. The van der Waals surface area contributed by atoms with Gasteiger partial charge in [-0.15, -0.1) is 0 Å². The van der Waals surface area contributed by atoms with Gasteiger partial charge >= 0.3 is 0 Å². The van der Waals surface area contributed by atoms with E-state index in [0.29, 0.717) is 17.4 Å². The monoisotopic (exact) mass is 213 g/mol. The summed E-state index contributed by atoms with van der Waals surface area (Å²) in [5, 5.41) is 4.99. The van der Waals surface area contributed by atoms with Crippen LogP contribution in [-0.2, 0) is 10.0 Å². The molecule has 0 unspecified atom stereocenters. The smallest absolute Gasteiger partial charge is 0.238 e. The molecule has 0 bridgehead atoms. The van der Waals surface area contributed by atoms with Gasteiger partial charge in [0.25, 0.3) is 0 Å². The molecule has 0 amide bonds. The highest BCUT2D eigenvalue weighted by Gasteiger charge is 2.13. The van der Waals surface area contributed by atoms with Gasteiger partial charge in [0.05, 0.1) is 4.90 Å². The molecule has 76 valence electrons. The highest BCUT2D eigenvalue weighted by atomic mass is 32.2. The second-order valence-corrected chi connectivity index (χ2v) is 4.67. The van der Waals surface area contributed by atoms with Crippen molar-refractivity contribution in [2.24, 2.45) is 5.14 Å². The largest absolute Gasteiger partial charge is 0.298 e. The van der Waals surface area contributed by atoms with E-state index in [2.05, 4.69) is 0 Å². The molecule has 1 aromatic rings. The molecule has 0 heterocycles. The summed E-state index contributed by atoms with van der Waals surface area (Å²) in [6, 6.07) is 2.93. The minimum Gasteiger partial charge on any atom is -0.298 e. The molecule has 1 aromatic carbocycles. The van der Waals surface area contributed by atoms with Gasteiger partial charge in [-0.25, -0.2) is 13.6 Å². The highest BCUT2D eigenvalue weighted by Crippen LogP contribution is 2.18. The average molecular weight is 213 g/mol. The molecule has 1 rings (SSSR count). The van der Waals surface area contributed by atoms with Crippen LogP contribution in [0.1, 0.15) is 21.5 Å². The molecule has 0 aliphatic carbocycles. The normalized spacial score (nSPS) is 11.4. The van der Waals surface area contributed by atoms with Gasteiger partial charge in [0, 0.05) is 5.56 Å². The summed E-state index contributed by atoms with van der Waals surface area (Å²) in [6.07, 6.45) is 0.615. The predicted octanol–water partition coefficient (Wildman–Crippen LogP) is 0.763. The lowest BCUT2D eigenvalue weighted by Crippen LogP contribution is -2.14. The third kappa shape index (κ3) is 2.00. The van der Waals surface area contributed by atoms with E-state index in [4.69, 9.17) is 5.14 Å². The summed E-state index contributed by atoms with van der Waals surface area (Å²) in [5.74, 6) is 0. The Morgan fingerprint density at radius 2 is 1.79 bits per heavy atom. The summed E-state index contributed by atoms with van der Waals surface area (Å²) in [4.78, 5) is 10.6. The molecule has 4 nitrogen and oxygen atoms in total. The number of carbonyl (C=O) groups excluding carboxylic acids is 1. The molecular formula is C9H11NO3S. The molecule has 0 aliphatic heterocycles. The van der Waals surface area contributed by atoms with Gasteiger partial charge in [0.2, 0.25) is 10.0 Å². The molecule has 0 atom stereocenters. The van der Waals surface area contributed by atoms with Crippen LogP contribution in [0.3, 0.4) is 0 Å². The van der Waals surface area contributed by atoms with Crippen LogP contribution in [0, 0.1) is 13.8 Å². The topological polar surface area (TPSA) is 77.2 Å². The van der Waals surface area contributed by atoms with Crippen molar-refractivity contribution >= 4 is 16.3 Å². The summed E-state index contributed by atoms with van der Waals surface area (Å²) < 4.78 is 22.2. The number of aryl methyl sites for hydroxylation is 2.